The fourth-order valence-corrected chi connectivity index (χ4v) is 1.93. The molecule has 0 amide bonds. The Morgan fingerprint density at radius 2 is 2.38 bits per heavy atom. The maximum Gasteiger partial charge on any atom is 0.303 e. The van der Waals surface area contributed by atoms with Gasteiger partial charge in [-0.05, 0) is 32.2 Å². The molecule has 0 radical (unpaired) electrons. The average Bonchev–Trinajstić information content (AvgIpc) is 2.50. The predicted octanol–water partition coefficient (Wildman–Crippen LogP) is 1.58. The molecule has 0 saturated carbocycles. The monoisotopic (exact) mass is 185 g/mol. The van der Waals surface area contributed by atoms with Gasteiger partial charge in [0.15, 0.2) is 0 Å². The van der Waals surface area contributed by atoms with Gasteiger partial charge in [0.05, 0.1) is 0 Å². The summed E-state index contributed by atoms with van der Waals surface area (Å²) in [5, 5.41) is 8.64. The Morgan fingerprint density at radius 1 is 1.69 bits per heavy atom. The van der Waals surface area contributed by atoms with Crippen molar-refractivity contribution >= 4 is 5.97 Å². The number of nitrogens with zero attached hydrogens (tertiary/aromatic N) is 1. The average molecular weight is 185 g/mol. The van der Waals surface area contributed by atoms with Gasteiger partial charge in [-0.1, -0.05) is 6.92 Å². The quantitative estimate of drug-likeness (QED) is 0.723. The van der Waals surface area contributed by atoms with Crippen LogP contribution in [0.1, 0.15) is 33.1 Å². The highest BCUT2D eigenvalue weighted by atomic mass is 16.4. The molecule has 0 spiro atoms. The number of hydrogen-bond acceptors (Lipinski definition) is 2. The zero-order valence-corrected chi connectivity index (χ0v) is 8.49. The molecular formula is C10H19NO2. The van der Waals surface area contributed by atoms with Crippen LogP contribution in [0.2, 0.25) is 0 Å². The highest BCUT2D eigenvalue weighted by Gasteiger charge is 2.26. The van der Waals surface area contributed by atoms with Crippen molar-refractivity contribution < 1.29 is 9.90 Å². The lowest BCUT2D eigenvalue weighted by Crippen LogP contribution is -2.30. The molecule has 1 rings (SSSR count). The molecule has 1 N–H and O–H groups in total. The van der Waals surface area contributed by atoms with E-state index in [4.69, 9.17) is 5.11 Å². The zero-order valence-electron chi connectivity index (χ0n) is 8.49. The van der Waals surface area contributed by atoms with Crippen molar-refractivity contribution in [1.29, 1.82) is 0 Å². The number of rotatable bonds is 4. The predicted molar refractivity (Wildman–Crippen MR) is 51.7 cm³/mol. The molecule has 1 fully saturated rings. The lowest BCUT2D eigenvalue weighted by molar-refractivity contribution is -0.138. The van der Waals surface area contributed by atoms with Crippen LogP contribution in [-0.4, -0.2) is 35.1 Å². The Bertz CT molecular complexity index is 182. The van der Waals surface area contributed by atoms with E-state index in [1.165, 1.54) is 0 Å². The molecule has 0 aromatic heterocycles. The Hall–Kier alpha value is -0.570. The molecule has 0 bridgehead atoms. The van der Waals surface area contributed by atoms with Gasteiger partial charge in [0.2, 0.25) is 0 Å². The molecule has 76 valence electrons. The second-order valence-corrected chi connectivity index (χ2v) is 4.00. The van der Waals surface area contributed by atoms with E-state index in [9.17, 15) is 4.79 Å². The summed E-state index contributed by atoms with van der Waals surface area (Å²) in [5.74, 6) is -0.275. The van der Waals surface area contributed by atoms with Gasteiger partial charge >= 0.3 is 5.97 Å². The SMILES string of the molecule is CCC(C)N1CCC(CC(=O)O)C1. The second kappa shape index (κ2) is 4.61. The number of carbonyl (C=O) groups is 1. The number of carboxylic acid groups (broad SMARTS) is 1. The fraction of sp³-hybridized carbons (Fsp3) is 0.900. The third kappa shape index (κ3) is 2.99. The summed E-state index contributed by atoms with van der Waals surface area (Å²) in [4.78, 5) is 12.9. The van der Waals surface area contributed by atoms with E-state index < -0.39 is 5.97 Å². The number of hydrogen-bond donors (Lipinski definition) is 1. The van der Waals surface area contributed by atoms with Crippen molar-refractivity contribution in [2.45, 2.75) is 39.2 Å². The summed E-state index contributed by atoms with van der Waals surface area (Å²) >= 11 is 0. The van der Waals surface area contributed by atoms with E-state index in [1.54, 1.807) is 0 Å². The van der Waals surface area contributed by atoms with Crippen molar-refractivity contribution in [3.05, 3.63) is 0 Å². The topological polar surface area (TPSA) is 40.5 Å². The van der Waals surface area contributed by atoms with E-state index in [-0.39, 0.29) is 0 Å². The molecule has 0 aliphatic carbocycles. The molecule has 1 heterocycles. The van der Waals surface area contributed by atoms with Crippen molar-refractivity contribution in [2.75, 3.05) is 13.1 Å². The Labute approximate surface area is 79.7 Å². The van der Waals surface area contributed by atoms with Gasteiger partial charge in [-0.2, -0.15) is 0 Å². The highest BCUT2D eigenvalue weighted by molar-refractivity contribution is 5.67. The standard InChI is InChI=1S/C10H19NO2/c1-3-8(2)11-5-4-9(7-11)6-10(12)13/h8-9H,3-7H2,1-2H3,(H,12,13). The minimum Gasteiger partial charge on any atom is -0.481 e. The largest absolute Gasteiger partial charge is 0.481 e. The number of carboxylic acids is 1. The summed E-state index contributed by atoms with van der Waals surface area (Å²) in [6, 6.07) is 0.610. The zero-order chi connectivity index (χ0) is 9.84. The first-order valence-electron chi connectivity index (χ1n) is 5.09. The first kappa shape index (κ1) is 10.5. The van der Waals surface area contributed by atoms with Crippen LogP contribution in [0.4, 0.5) is 0 Å². The van der Waals surface area contributed by atoms with E-state index in [0.29, 0.717) is 18.4 Å². The van der Waals surface area contributed by atoms with Gasteiger partial charge in [0, 0.05) is 19.0 Å². The van der Waals surface area contributed by atoms with E-state index >= 15 is 0 Å². The molecule has 1 saturated heterocycles. The van der Waals surface area contributed by atoms with E-state index in [1.807, 2.05) is 0 Å². The Balaban J connectivity index is 2.31. The summed E-state index contributed by atoms with van der Waals surface area (Å²) in [5.41, 5.74) is 0. The van der Waals surface area contributed by atoms with Crippen molar-refractivity contribution in [2.24, 2.45) is 5.92 Å². The summed E-state index contributed by atoms with van der Waals surface area (Å²) < 4.78 is 0. The van der Waals surface area contributed by atoms with Gasteiger partial charge in [-0.25, -0.2) is 0 Å². The fourth-order valence-electron chi connectivity index (χ4n) is 1.93. The minimum absolute atomic E-state index is 0.340. The Morgan fingerprint density at radius 3 is 2.92 bits per heavy atom. The van der Waals surface area contributed by atoms with Gasteiger partial charge in [-0.15, -0.1) is 0 Å². The lowest BCUT2D eigenvalue weighted by Gasteiger charge is -2.22. The van der Waals surface area contributed by atoms with E-state index in [0.717, 1.165) is 25.9 Å². The molecular weight excluding hydrogens is 166 g/mol. The molecule has 13 heavy (non-hydrogen) atoms. The first-order valence-corrected chi connectivity index (χ1v) is 5.09. The van der Waals surface area contributed by atoms with Crippen LogP contribution in [0.25, 0.3) is 0 Å². The van der Waals surface area contributed by atoms with Gasteiger partial charge in [0.25, 0.3) is 0 Å². The molecule has 0 aromatic carbocycles. The highest BCUT2D eigenvalue weighted by Crippen LogP contribution is 2.22. The first-order chi connectivity index (χ1) is 6.13. The van der Waals surface area contributed by atoms with Gasteiger partial charge < -0.3 is 10.0 Å². The molecule has 3 nitrogen and oxygen atoms in total. The third-order valence-corrected chi connectivity index (χ3v) is 2.99. The molecule has 1 aliphatic heterocycles. The molecule has 3 heteroatoms. The summed E-state index contributed by atoms with van der Waals surface area (Å²) in [6.45, 7) is 6.44. The normalized spacial score (nSPS) is 26.2. The number of likely N-dealkylation sites (tertiary alicyclic amines) is 1. The Kier molecular flexibility index (Phi) is 3.72. The minimum atomic E-state index is -0.656. The maximum absolute atomic E-state index is 10.5. The second-order valence-electron chi connectivity index (χ2n) is 4.00. The molecule has 0 aromatic rings. The summed E-state index contributed by atoms with van der Waals surface area (Å²) in [7, 11) is 0. The van der Waals surface area contributed by atoms with Crippen LogP contribution < -0.4 is 0 Å². The lowest BCUT2D eigenvalue weighted by atomic mass is 10.1. The van der Waals surface area contributed by atoms with Crippen LogP contribution in [-0.2, 0) is 4.79 Å². The van der Waals surface area contributed by atoms with Gasteiger partial charge in [-0.3, -0.25) is 4.79 Å². The van der Waals surface area contributed by atoms with Crippen LogP contribution in [0.5, 0.6) is 0 Å². The van der Waals surface area contributed by atoms with Crippen LogP contribution in [0.3, 0.4) is 0 Å². The summed E-state index contributed by atoms with van der Waals surface area (Å²) in [6.07, 6.45) is 2.55. The van der Waals surface area contributed by atoms with Crippen LogP contribution in [0, 0.1) is 5.92 Å². The van der Waals surface area contributed by atoms with E-state index in [2.05, 4.69) is 18.7 Å². The van der Waals surface area contributed by atoms with Gasteiger partial charge in [0.1, 0.15) is 0 Å². The molecule has 2 unspecified atom stereocenters. The van der Waals surface area contributed by atoms with Crippen LogP contribution >= 0.6 is 0 Å². The maximum atomic E-state index is 10.5. The smallest absolute Gasteiger partial charge is 0.303 e. The van der Waals surface area contributed by atoms with Crippen LogP contribution in [0.15, 0.2) is 0 Å². The van der Waals surface area contributed by atoms with Crippen molar-refractivity contribution in [1.82, 2.24) is 4.90 Å². The number of aliphatic carboxylic acids is 1. The van der Waals surface area contributed by atoms with Crippen molar-refractivity contribution in [3.8, 4) is 0 Å². The molecule has 2 atom stereocenters. The molecule has 1 aliphatic rings. The third-order valence-electron chi connectivity index (χ3n) is 2.99. The van der Waals surface area contributed by atoms with Crippen molar-refractivity contribution in [3.63, 3.8) is 0 Å².